The van der Waals surface area contributed by atoms with Crippen LogP contribution in [0, 0.1) is 5.92 Å². The maximum atomic E-state index is 3.95. The molecule has 2 nitrogen and oxygen atoms in total. The van der Waals surface area contributed by atoms with Gasteiger partial charge >= 0.3 is 0 Å². The molecule has 0 unspecified atom stereocenters. The van der Waals surface area contributed by atoms with Crippen LogP contribution in [0.5, 0.6) is 0 Å². The standard InChI is InChI=1S/C7H10N2/c1-2-6(1)3-7-4-8-5-9-7/h4-6H,1-3H2,(H,8,9). The van der Waals surface area contributed by atoms with Crippen molar-refractivity contribution >= 4 is 0 Å². The van der Waals surface area contributed by atoms with Crippen LogP contribution in [-0.4, -0.2) is 9.97 Å². The van der Waals surface area contributed by atoms with Gasteiger partial charge in [-0.25, -0.2) is 4.98 Å². The van der Waals surface area contributed by atoms with Crippen LogP contribution < -0.4 is 0 Å². The summed E-state index contributed by atoms with van der Waals surface area (Å²) in [6.45, 7) is 0. The smallest absolute Gasteiger partial charge is 0.0921 e. The van der Waals surface area contributed by atoms with Crippen molar-refractivity contribution in [2.45, 2.75) is 19.3 Å². The van der Waals surface area contributed by atoms with Crippen molar-refractivity contribution in [1.29, 1.82) is 0 Å². The molecule has 0 aromatic carbocycles. The fourth-order valence-corrected chi connectivity index (χ4v) is 1.03. The molecular weight excluding hydrogens is 112 g/mol. The molecule has 9 heavy (non-hydrogen) atoms. The van der Waals surface area contributed by atoms with Crippen molar-refractivity contribution in [3.8, 4) is 0 Å². The predicted octanol–water partition coefficient (Wildman–Crippen LogP) is 1.36. The predicted molar refractivity (Wildman–Crippen MR) is 35.0 cm³/mol. The van der Waals surface area contributed by atoms with E-state index in [4.69, 9.17) is 0 Å². The molecule has 1 aromatic rings. The Morgan fingerprint density at radius 1 is 1.67 bits per heavy atom. The summed E-state index contributed by atoms with van der Waals surface area (Å²) >= 11 is 0. The molecule has 0 amide bonds. The number of nitrogens with zero attached hydrogens (tertiary/aromatic N) is 1. The molecule has 1 N–H and O–H groups in total. The Labute approximate surface area is 54.3 Å². The third-order valence-electron chi connectivity index (χ3n) is 1.76. The van der Waals surface area contributed by atoms with E-state index in [9.17, 15) is 0 Å². The highest BCUT2D eigenvalue weighted by Crippen LogP contribution is 2.31. The molecular formula is C7H10N2. The van der Waals surface area contributed by atoms with Gasteiger partial charge in [0.25, 0.3) is 0 Å². The zero-order valence-corrected chi connectivity index (χ0v) is 5.30. The Morgan fingerprint density at radius 3 is 3.11 bits per heavy atom. The summed E-state index contributed by atoms with van der Waals surface area (Å²) in [5.41, 5.74) is 1.29. The number of rotatable bonds is 2. The molecule has 2 heteroatoms. The van der Waals surface area contributed by atoms with Crippen molar-refractivity contribution in [2.24, 2.45) is 5.92 Å². The highest BCUT2D eigenvalue weighted by Gasteiger charge is 2.21. The van der Waals surface area contributed by atoms with E-state index in [0.29, 0.717) is 0 Å². The van der Waals surface area contributed by atoms with E-state index in [0.717, 1.165) is 5.92 Å². The third kappa shape index (κ3) is 1.12. The molecule has 0 aliphatic heterocycles. The van der Waals surface area contributed by atoms with Crippen molar-refractivity contribution in [3.05, 3.63) is 18.2 Å². The Hall–Kier alpha value is -0.790. The van der Waals surface area contributed by atoms with Gasteiger partial charge in [0.05, 0.1) is 6.33 Å². The van der Waals surface area contributed by atoms with Gasteiger partial charge in [0.1, 0.15) is 0 Å². The maximum absolute atomic E-state index is 3.95. The lowest BCUT2D eigenvalue weighted by atomic mass is 10.2. The molecule has 2 rings (SSSR count). The minimum atomic E-state index is 0.963. The molecule has 0 saturated heterocycles. The highest BCUT2D eigenvalue weighted by molar-refractivity contribution is 4.98. The number of hydrogen-bond acceptors (Lipinski definition) is 1. The van der Waals surface area contributed by atoms with Gasteiger partial charge in [-0.1, -0.05) is 0 Å². The second-order valence-corrected chi connectivity index (χ2v) is 2.72. The zero-order chi connectivity index (χ0) is 6.10. The van der Waals surface area contributed by atoms with Crippen molar-refractivity contribution in [1.82, 2.24) is 9.97 Å². The molecule has 1 heterocycles. The summed E-state index contributed by atoms with van der Waals surface area (Å²) in [6.07, 6.45) is 7.70. The Balaban J connectivity index is 1.99. The van der Waals surface area contributed by atoms with Crippen molar-refractivity contribution in [3.63, 3.8) is 0 Å². The first-order valence-electron chi connectivity index (χ1n) is 3.42. The summed E-state index contributed by atoms with van der Waals surface area (Å²) in [7, 11) is 0. The Kier molecular flexibility index (Phi) is 1.04. The molecule has 1 saturated carbocycles. The summed E-state index contributed by atoms with van der Waals surface area (Å²) in [5, 5.41) is 0. The van der Waals surface area contributed by atoms with Gasteiger partial charge in [-0.05, 0) is 25.2 Å². The first kappa shape index (κ1) is 5.03. The zero-order valence-electron chi connectivity index (χ0n) is 5.30. The van der Waals surface area contributed by atoms with Crippen molar-refractivity contribution in [2.75, 3.05) is 0 Å². The monoisotopic (exact) mass is 122 g/mol. The number of nitrogens with one attached hydrogen (secondary N) is 1. The minimum Gasteiger partial charge on any atom is -0.348 e. The van der Waals surface area contributed by atoms with Crippen LogP contribution >= 0.6 is 0 Å². The van der Waals surface area contributed by atoms with E-state index in [2.05, 4.69) is 9.97 Å². The first-order chi connectivity index (χ1) is 4.45. The Morgan fingerprint density at radius 2 is 2.56 bits per heavy atom. The van der Waals surface area contributed by atoms with Gasteiger partial charge in [0, 0.05) is 11.9 Å². The second-order valence-electron chi connectivity index (χ2n) is 2.72. The normalized spacial score (nSPS) is 18.2. The van der Waals surface area contributed by atoms with Gasteiger partial charge in [-0.3, -0.25) is 0 Å². The molecule has 0 bridgehead atoms. The fraction of sp³-hybridized carbons (Fsp3) is 0.571. The van der Waals surface area contributed by atoms with Crippen LogP contribution in [0.1, 0.15) is 18.5 Å². The summed E-state index contributed by atoms with van der Waals surface area (Å²) < 4.78 is 0. The van der Waals surface area contributed by atoms with Crippen molar-refractivity contribution < 1.29 is 0 Å². The number of aromatic nitrogens is 2. The van der Waals surface area contributed by atoms with Gasteiger partial charge < -0.3 is 4.98 Å². The van der Waals surface area contributed by atoms with E-state index in [1.54, 1.807) is 6.33 Å². The molecule has 0 spiro atoms. The topological polar surface area (TPSA) is 28.7 Å². The highest BCUT2D eigenvalue weighted by atomic mass is 14.9. The number of H-pyrrole nitrogens is 1. The minimum absolute atomic E-state index is 0.963. The maximum Gasteiger partial charge on any atom is 0.0921 e. The lowest BCUT2D eigenvalue weighted by Crippen LogP contribution is -1.84. The average Bonchev–Trinajstić information content (AvgIpc) is 2.46. The molecule has 1 fully saturated rings. The average molecular weight is 122 g/mol. The third-order valence-corrected chi connectivity index (χ3v) is 1.76. The van der Waals surface area contributed by atoms with Crippen LogP contribution in [0.2, 0.25) is 0 Å². The first-order valence-corrected chi connectivity index (χ1v) is 3.42. The molecule has 48 valence electrons. The van der Waals surface area contributed by atoms with Gasteiger partial charge in [-0.2, -0.15) is 0 Å². The van der Waals surface area contributed by atoms with Gasteiger partial charge in [0.15, 0.2) is 0 Å². The summed E-state index contributed by atoms with van der Waals surface area (Å²) in [6, 6.07) is 0. The number of aromatic amines is 1. The van der Waals surface area contributed by atoms with Crippen LogP contribution in [0.15, 0.2) is 12.5 Å². The van der Waals surface area contributed by atoms with E-state index in [-0.39, 0.29) is 0 Å². The van der Waals surface area contributed by atoms with E-state index < -0.39 is 0 Å². The lowest BCUT2D eigenvalue weighted by Gasteiger charge is -1.88. The number of imidazole rings is 1. The van der Waals surface area contributed by atoms with Crippen LogP contribution in [0.3, 0.4) is 0 Å². The van der Waals surface area contributed by atoms with Gasteiger partial charge in [0.2, 0.25) is 0 Å². The fourth-order valence-electron chi connectivity index (χ4n) is 1.03. The summed E-state index contributed by atoms with van der Waals surface area (Å²) in [5.74, 6) is 0.963. The molecule has 1 aliphatic carbocycles. The number of hydrogen-bond donors (Lipinski definition) is 1. The molecule has 0 radical (unpaired) electrons. The van der Waals surface area contributed by atoms with Crippen LogP contribution in [-0.2, 0) is 6.42 Å². The molecule has 1 aliphatic rings. The van der Waals surface area contributed by atoms with E-state index >= 15 is 0 Å². The molecule has 0 atom stereocenters. The second kappa shape index (κ2) is 1.87. The Bertz CT molecular complexity index is 175. The SMILES string of the molecule is c1ncc(CC2CC2)[nH]1. The molecule has 1 aromatic heterocycles. The largest absolute Gasteiger partial charge is 0.348 e. The van der Waals surface area contributed by atoms with E-state index in [1.807, 2.05) is 6.20 Å². The lowest BCUT2D eigenvalue weighted by molar-refractivity contribution is 0.810. The summed E-state index contributed by atoms with van der Waals surface area (Å²) in [4.78, 5) is 7.04. The van der Waals surface area contributed by atoms with E-state index in [1.165, 1.54) is 25.0 Å². The quantitative estimate of drug-likeness (QED) is 0.630. The van der Waals surface area contributed by atoms with Crippen LogP contribution in [0.25, 0.3) is 0 Å². The van der Waals surface area contributed by atoms with Crippen LogP contribution in [0.4, 0.5) is 0 Å². The van der Waals surface area contributed by atoms with Gasteiger partial charge in [-0.15, -0.1) is 0 Å².